The van der Waals surface area contributed by atoms with Crippen molar-refractivity contribution in [3.63, 3.8) is 0 Å². The number of nitrogens with zero attached hydrogens (tertiary/aromatic N) is 1. The maximum Gasteiger partial charge on any atom is 0.224 e. The Morgan fingerprint density at radius 3 is 2.46 bits per heavy atom. The predicted molar refractivity (Wildman–Crippen MR) is 100 cm³/mol. The Morgan fingerprint density at radius 2 is 1.83 bits per heavy atom. The molecule has 1 N–H and O–H groups in total. The predicted octanol–water partition coefficient (Wildman–Crippen LogP) is 3.47. The lowest BCUT2D eigenvalue weighted by Gasteiger charge is -2.22. The van der Waals surface area contributed by atoms with Crippen LogP contribution in [0.15, 0.2) is 53.0 Å². The third-order valence-electron chi connectivity index (χ3n) is 3.71. The second-order valence-corrected chi connectivity index (χ2v) is 6.47. The van der Waals surface area contributed by atoms with Crippen LogP contribution >= 0.6 is 15.9 Å². The lowest BCUT2D eigenvalue weighted by molar-refractivity contribution is -0.121. The quantitative estimate of drug-likeness (QED) is 0.823. The van der Waals surface area contributed by atoms with E-state index in [1.165, 1.54) is 6.92 Å². The highest BCUT2D eigenvalue weighted by Crippen LogP contribution is 2.23. The van der Waals surface area contributed by atoms with E-state index in [-0.39, 0.29) is 11.8 Å². The zero-order chi connectivity index (χ0) is 17.5. The molecule has 24 heavy (non-hydrogen) atoms. The van der Waals surface area contributed by atoms with Gasteiger partial charge in [0.15, 0.2) is 0 Å². The van der Waals surface area contributed by atoms with Crippen LogP contribution < -0.4 is 10.2 Å². The van der Waals surface area contributed by atoms with Crippen molar-refractivity contribution >= 4 is 33.4 Å². The summed E-state index contributed by atoms with van der Waals surface area (Å²) in [6, 6.07) is 15.4. The lowest BCUT2D eigenvalue weighted by atomic mass is 10.1. The number of rotatable bonds is 6. The molecule has 0 unspecified atom stereocenters. The van der Waals surface area contributed by atoms with Crippen LogP contribution in [0.4, 0.5) is 5.69 Å². The van der Waals surface area contributed by atoms with E-state index in [9.17, 15) is 9.59 Å². The molecule has 0 fully saturated rings. The fourth-order valence-electron chi connectivity index (χ4n) is 2.37. The highest BCUT2D eigenvalue weighted by Gasteiger charge is 2.13. The van der Waals surface area contributed by atoms with Crippen LogP contribution in [-0.4, -0.2) is 24.9 Å². The van der Waals surface area contributed by atoms with Crippen molar-refractivity contribution in [1.82, 2.24) is 5.32 Å². The summed E-state index contributed by atoms with van der Waals surface area (Å²) in [6.45, 7) is 4.37. The van der Waals surface area contributed by atoms with Crippen LogP contribution in [0.25, 0.3) is 0 Å². The van der Waals surface area contributed by atoms with E-state index in [1.54, 1.807) is 4.90 Å². The normalized spacial score (nSPS) is 10.3. The summed E-state index contributed by atoms with van der Waals surface area (Å²) in [5, 5.41) is 2.87. The Hall–Kier alpha value is -2.14. The van der Waals surface area contributed by atoms with Gasteiger partial charge in [0, 0.05) is 30.2 Å². The van der Waals surface area contributed by atoms with E-state index in [2.05, 4.69) is 21.2 Å². The number of hydrogen-bond donors (Lipinski definition) is 1. The molecule has 0 saturated carbocycles. The van der Waals surface area contributed by atoms with E-state index in [0.717, 1.165) is 21.3 Å². The lowest BCUT2D eigenvalue weighted by Crippen LogP contribution is -2.38. The first-order valence-corrected chi connectivity index (χ1v) is 8.61. The molecule has 0 saturated heterocycles. The zero-order valence-electron chi connectivity index (χ0n) is 13.9. The minimum Gasteiger partial charge on any atom is -0.354 e. The standard InChI is InChI=1S/C19H21BrN2O2/c1-14-8-9-17(13-18(14)20)22(15(2)23)11-10-21-19(24)12-16-6-4-3-5-7-16/h3-9,13H,10-12H2,1-2H3,(H,21,24). The maximum atomic E-state index is 12.0. The molecule has 126 valence electrons. The fraction of sp³-hybridized carbons (Fsp3) is 0.263. The first-order chi connectivity index (χ1) is 11.5. The Bertz CT molecular complexity index is 717. The molecule has 0 aromatic heterocycles. The Labute approximate surface area is 151 Å². The zero-order valence-corrected chi connectivity index (χ0v) is 15.5. The van der Waals surface area contributed by atoms with Crippen LogP contribution in [0.2, 0.25) is 0 Å². The van der Waals surface area contributed by atoms with Gasteiger partial charge in [0.2, 0.25) is 11.8 Å². The van der Waals surface area contributed by atoms with Crippen molar-refractivity contribution < 1.29 is 9.59 Å². The first-order valence-electron chi connectivity index (χ1n) is 7.82. The minimum absolute atomic E-state index is 0.0465. The van der Waals surface area contributed by atoms with Crippen molar-refractivity contribution in [3.8, 4) is 0 Å². The number of nitrogens with one attached hydrogen (secondary N) is 1. The summed E-state index contributed by atoms with van der Waals surface area (Å²) < 4.78 is 0.958. The van der Waals surface area contributed by atoms with Gasteiger partial charge in [0.1, 0.15) is 0 Å². The Balaban J connectivity index is 1.91. The molecule has 0 radical (unpaired) electrons. The van der Waals surface area contributed by atoms with Crippen molar-refractivity contribution in [3.05, 3.63) is 64.1 Å². The number of halogens is 1. The summed E-state index contributed by atoms with van der Waals surface area (Å²) >= 11 is 3.48. The molecule has 2 rings (SSSR count). The smallest absolute Gasteiger partial charge is 0.224 e. The van der Waals surface area contributed by atoms with Gasteiger partial charge in [-0.1, -0.05) is 52.3 Å². The third-order valence-corrected chi connectivity index (χ3v) is 4.57. The summed E-state index contributed by atoms with van der Waals surface area (Å²) in [6.07, 6.45) is 0.344. The molecular formula is C19H21BrN2O2. The van der Waals surface area contributed by atoms with E-state index >= 15 is 0 Å². The Kier molecular flexibility index (Phi) is 6.55. The average Bonchev–Trinajstić information content (AvgIpc) is 2.55. The second kappa shape index (κ2) is 8.64. The van der Waals surface area contributed by atoms with E-state index in [0.29, 0.717) is 19.5 Å². The van der Waals surface area contributed by atoms with Gasteiger partial charge in [-0.25, -0.2) is 0 Å². The SMILES string of the molecule is CC(=O)N(CCNC(=O)Cc1ccccc1)c1ccc(C)c(Br)c1. The number of carbonyl (C=O) groups excluding carboxylic acids is 2. The third kappa shape index (κ3) is 5.20. The van der Waals surface area contributed by atoms with Gasteiger partial charge in [0.05, 0.1) is 6.42 Å². The first kappa shape index (κ1) is 18.2. The summed E-state index contributed by atoms with van der Waals surface area (Å²) in [4.78, 5) is 25.5. The van der Waals surface area contributed by atoms with Crippen LogP contribution in [0.1, 0.15) is 18.1 Å². The van der Waals surface area contributed by atoms with Crippen LogP contribution in [0.3, 0.4) is 0 Å². The van der Waals surface area contributed by atoms with Gasteiger partial charge >= 0.3 is 0 Å². The molecular weight excluding hydrogens is 368 g/mol. The highest BCUT2D eigenvalue weighted by molar-refractivity contribution is 9.10. The second-order valence-electron chi connectivity index (χ2n) is 5.62. The fourth-order valence-corrected chi connectivity index (χ4v) is 2.74. The minimum atomic E-state index is -0.0527. The van der Waals surface area contributed by atoms with Crippen molar-refractivity contribution in [1.29, 1.82) is 0 Å². The topological polar surface area (TPSA) is 49.4 Å². The number of hydrogen-bond acceptors (Lipinski definition) is 2. The molecule has 0 aliphatic heterocycles. The average molecular weight is 389 g/mol. The molecule has 0 spiro atoms. The van der Waals surface area contributed by atoms with Crippen molar-refractivity contribution in [2.24, 2.45) is 0 Å². The molecule has 2 amide bonds. The molecule has 5 heteroatoms. The van der Waals surface area contributed by atoms with E-state index < -0.39 is 0 Å². The van der Waals surface area contributed by atoms with E-state index in [1.807, 2.05) is 55.5 Å². The summed E-state index contributed by atoms with van der Waals surface area (Å²) in [5.74, 6) is -0.0992. The van der Waals surface area contributed by atoms with Crippen molar-refractivity contribution in [2.45, 2.75) is 20.3 Å². The summed E-state index contributed by atoms with van der Waals surface area (Å²) in [7, 11) is 0. The van der Waals surface area contributed by atoms with Crippen molar-refractivity contribution in [2.75, 3.05) is 18.0 Å². The molecule has 0 bridgehead atoms. The molecule has 0 heterocycles. The maximum absolute atomic E-state index is 12.0. The van der Waals surface area contributed by atoms with Gasteiger partial charge in [-0.05, 0) is 30.2 Å². The van der Waals surface area contributed by atoms with Gasteiger partial charge in [-0.15, -0.1) is 0 Å². The molecule has 2 aromatic rings. The number of benzene rings is 2. The summed E-state index contributed by atoms with van der Waals surface area (Å²) in [5.41, 5.74) is 2.90. The molecule has 0 aliphatic rings. The number of amides is 2. The van der Waals surface area contributed by atoms with E-state index in [4.69, 9.17) is 0 Å². The van der Waals surface area contributed by atoms with Crippen LogP contribution in [0, 0.1) is 6.92 Å². The van der Waals surface area contributed by atoms with Gasteiger partial charge in [0.25, 0.3) is 0 Å². The van der Waals surface area contributed by atoms with Gasteiger partial charge in [-0.2, -0.15) is 0 Å². The molecule has 4 nitrogen and oxygen atoms in total. The monoisotopic (exact) mass is 388 g/mol. The van der Waals surface area contributed by atoms with Gasteiger partial charge in [-0.3, -0.25) is 9.59 Å². The number of anilines is 1. The molecule has 2 aromatic carbocycles. The number of carbonyl (C=O) groups is 2. The number of aryl methyl sites for hydroxylation is 1. The highest BCUT2D eigenvalue weighted by atomic mass is 79.9. The largest absolute Gasteiger partial charge is 0.354 e. The molecule has 0 aliphatic carbocycles. The Morgan fingerprint density at radius 1 is 1.12 bits per heavy atom. The van der Waals surface area contributed by atoms with Gasteiger partial charge < -0.3 is 10.2 Å². The molecule has 0 atom stereocenters. The van der Waals surface area contributed by atoms with Crippen LogP contribution in [-0.2, 0) is 16.0 Å². The van der Waals surface area contributed by atoms with Crippen LogP contribution in [0.5, 0.6) is 0 Å².